The first-order chi connectivity index (χ1) is 9.28. The summed E-state index contributed by atoms with van der Waals surface area (Å²) < 4.78 is 1.84. The maximum absolute atomic E-state index is 11.0. The van der Waals surface area contributed by atoms with Gasteiger partial charge in [-0.3, -0.25) is 9.48 Å². The van der Waals surface area contributed by atoms with E-state index in [1.54, 1.807) is 0 Å². The molecule has 0 atom stereocenters. The molecule has 94 valence electrons. The van der Waals surface area contributed by atoms with E-state index in [2.05, 4.69) is 5.10 Å². The smallest absolute Gasteiger partial charge is 0.170 e. The Morgan fingerprint density at radius 1 is 1.11 bits per heavy atom. The molecule has 19 heavy (non-hydrogen) atoms. The minimum Gasteiger partial charge on any atom is -0.399 e. The summed E-state index contributed by atoms with van der Waals surface area (Å²) in [6, 6.07) is 15.4. The second-order valence-corrected chi connectivity index (χ2v) is 4.42. The number of rotatable bonds is 3. The molecule has 0 spiro atoms. The van der Waals surface area contributed by atoms with Crippen molar-refractivity contribution in [3.8, 4) is 0 Å². The van der Waals surface area contributed by atoms with Crippen molar-refractivity contribution < 1.29 is 4.79 Å². The topological polar surface area (TPSA) is 60.9 Å². The number of fused-ring (bicyclic) bond motifs is 1. The fraction of sp³-hybridized carbons (Fsp3) is 0.0667. The molecule has 4 nitrogen and oxygen atoms in total. The fourth-order valence-electron chi connectivity index (χ4n) is 2.16. The molecule has 3 aromatic rings. The molecule has 1 aromatic heterocycles. The van der Waals surface area contributed by atoms with Crippen LogP contribution in [0.4, 0.5) is 5.69 Å². The summed E-state index contributed by atoms with van der Waals surface area (Å²) in [6.45, 7) is 0.620. The Labute approximate surface area is 110 Å². The molecular weight excluding hydrogens is 238 g/mol. The minimum atomic E-state index is 0.478. The highest BCUT2D eigenvalue weighted by Crippen LogP contribution is 2.18. The van der Waals surface area contributed by atoms with E-state index in [9.17, 15) is 4.79 Å². The average Bonchev–Trinajstić information content (AvgIpc) is 2.80. The van der Waals surface area contributed by atoms with Gasteiger partial charge in [0.1, 0.15) is 5.69 Å². The van der Waals surface area contributed by atoms with Gasteiger partial charge in [-0.1, -0.05) is 30.3 Å². The number of hydrogen-bond acceptors (Lipinski definition) is 3. The number of carbonyl (C=O) groups excluding carboxylic acids is 1. The molecule has 4 heteroatoms. The summed E-state index contributed by atoms with van der Waals surface area (Å²) in [5.74, 6) is 0. The van der Waals surface area contributed by atoms with Gasteiger partial charge < -0.3 is 5.73 Å². The molecule has 0 aliphatic rings. The normalized spacial score (nSPS) is 10.7. The molecule has 3 rings (SSSR count). The van der Waals surface area contributed by atoms with Crippen LogP contribution in [0.3, 0.4) is 0 Å². The highest BCUT2D eigenvalue weighted by Gasteiger charge is 2.09. The van der Waals surface area contributed by atoms with Gasteiger partial charge in [-0.05, 0) is 23.8 Å². The van der Waals surface area contributed by atoms with E-state index in [1.807, 2.05) is 53.2 Å². The number of nitrogen functional groups attached to an aromatic ring is 1. The van der Waals surface area contributed by atoms with Crippen LogP contribution in [-0.2, 0) is 6.54 Å². The van der Waals surface area contributed by atoms with Crippen molar-refractivity contribution in [1.29, 1.82) is 0 Å². The van der Waals surface area contributed by atoms with E-state index in [0.717, 1.165) is 28.4 Å². The molecule has 0 saturated carbocycles. The quantitative estimate of drug-likeness (QED) is 0.574. The number of nitrogens with two attached hydrogens (primary N) is 1. The van der Waals surface area contributed by atoms with Crippen LogP contribution in [0.25, 0.3) is 10.9 Å². The Kier molecular flexibility index (Phi) is 2.76. The van der Waals surface area contributed by atoms with Crippen molar-refractivity contribution in [3.63, 3.8) is 0 Å². The highest BCUT2D eigenvalue weighted by molar-refractivity contribution is 5.95. The van der Waals surface area contributed by atoms with E-state index in [0.29, 0.717) is 12.2 Å². The lowest BCUT2D eigenvalue weighted by molar-refractivity contribution is 0.111. The summed E-state index contributed by atoms with van der Waals surface area (Å²) in [4.78, 5) is 11.0. The predicted octanol–water partition coefficient (Wildman–Crippen LogP) is 2.48. The molecule has 0 aliphatic carbocycles. The van der Waals surface area contributed by atoms with Gasteiger partial charge in [-0.25, -0.2) is 0 Å². The Hall–Kier alpha value is -2.62. The van der Waals surface area contributed by atoms with Crippen molar-refractivity contribution in [3.05, 3.63) is 59.8 Å². The highest BCUT2D eigenvalue weighted by atomic mass is 16.1. The number of para-hydroxylation sites is 1. The first-order valence-electron chi connectivity index (χ1n) is 6.03. The number of nitrogens with zero attached hydrogens (tertiary/aromatic N) is 2. The van der Waals surface area contributed by atoms with Gasteiger partial charge in [0, 0.05) is 11.1 Å². The summed E-state index contributed by atoms with van der Waals surface area (Å²) in [6.07, 6.45) is 0.793. The molecule has 0 amide bonds. The van der Waals surface area contributed by atoms with Gasteiger partial charge >= 0.3 is 0 Å². The molecule has 2 aromatic carbocycles. The fourth-order valence-corrected chi connectivity index (χ4v) is 2.16. The number of anilines is 1. The first-order valence-corrected chi connectivity index (χ1v) is 6.03. The molecule has 0 unspecified atom stereocenters. The SMILES string of the molecule is Nc1ccc(Cn2nc(C=O)c3ccccc32)cc1. The lowest BCUT2D eigenvalue weighted by Gasteiger charge is -2.04. The summed E-state index contributed by atoms with van der Waals surface area (Å²) in [5, 5.41) is 5.23. The Morgan fingerprint density at radius 2 is 1.84 bits per heavy atom. The van der Waals surface area contributed by atoms with Crippen LogP contribution in [-0.4, -0.2) is 16.1 Å². The molecule has 2 N–H and O–H groups in total. The van der Waals surface area contributed by atoms with Crippen LogP contribution in [0.2, 0.25) is 0 Å². The Balaban J connectivity index is 2.05. The molecule has 0 radical (unpaired) electrons. The lowest BCUT2D eigenvalue weighted by atomic mass is 10.2. The van der Waals surface area contributed by atoms with Crippen LogP contribution < -0.4 is 5.73 Å². The van der Waals surface area contributed by atoms with E-state index in [1.165, 1.54) is 0 Å². The van der Waals surface area contributed by atoms with Crippen molar-refractivity contribution in [1.82, 2.24) is 9.78 Å². The zero-order valence-electron chi connectivity index (χ0n) is 10.3. The van der Waals surface area contributed by atoms with Crippen LogP contribution in [0.15, 0.2) is 48.5 Å². The minimum absolute atomic E-state index is 0.478. The molecule has 0 saturated heterocycles. The van der Waals surface area contributed by atoms with Crippen LogP contribution in [0.1, 0.15) is 16.1 Å². The predicted molar refractivity (Wildman–Crippen MR) is 75.1 cm³/mol. The van der Waals surface area contributed by atoms with Gasteiger partial charge in [0.25, 0.3) is 0 Å². The van der Waals surface area contributed by atoms with Crippen molar-refractivity contribution in [2.75, 3.05) is 5.73 Å². The second-order valence-electron chi connectivity index (χ2n) is 4.42. The molecule has 0 fully saturated rings. The van der Waals surface area contributed by atoms with Gasteiger partial charge in [0.15, 0.2) is 6.29 Å². The summed E-state index contributed by atoms with van der Waals surface area (Å²) in [5.41, 5.74) is 8.94. The number of hydrogen-bond donors (Lipinski definition) is 1. The van der Waals surface area contributed by atoms with Gasteiger partial charge in [0.2, 0.25) is 0 Å². The van der Waals surface area contributed by atoms with Crippen LogP contribution in [0.5, 0.6) is 0 Å². The van der Waals surface area contributed by atoms with Gasteiger partial charge in [0.05, 0.1) is 12.1 Å². The standard InChI is InChI=1S/C15H13N3O/c16-12-7-5-11(6-8-12)9-18-15-4-2-1-3-13(15)14(10-19)17-18/h1-8,10H,9,16H2. The third kappa shape index (κ3) is 2.08. The molecule has 0 bridgehead atoms. The van der Waals surface area contributed by atoms with Crippen molar-refractivity contribution >= 4 is 22.9 Å². The monoisotopic (exact) mass is 251 g/mol. The Morgan fingerprint density at radius 3 is 2.58 bits per heavy atom. The van der Waals surface area contributed by atoms with E-state index >= 15 is 0 Å². The maximum Gasteiger partial charge on any atom is 0.170 e. The molecular formula is C15H13N3O. The van der Waals surface area contributed by atoms with Crippen molar-refractivity contribution in [2.24, 2.45) is 0 Å². The van der Waals surface area contributed by atoms with Crippen molar-refractivity contribution in [2.45, 2.75) is 6.54 Å². The maximum atomic E-state index is 11.0. The van der Waals surface area contributed by atoms with E-state index < -0.39 is 0 Å². The summed E-state index contributed by atoms with van der Waals surface area (Å²) >= 11 is 0. The largest absolute Gasteiger partial charge is 0.399 e. The zero-order chi connectivity index (χ0) is 13.2. The van der Waals surface area contributed by atoms with Crippen LogP contribution in [0, 0.1) is 0 Å². The average molecular weight is 251 g/mol. The number of aromatic nitrogens is 2. The first kappa shape index (κ1) is 11.5. The number of carbonyl (C=O) groups is 1. The van der Waals surface area contributed by atoms with Gasteiger partial charge in [-0.2, -0.15) is 5.10 Å². The third-order valence-electron chi connectivity index (χ3n) is 3.11. The Bertz CT molecular complexity index is 729. The third-order valence-corrected chi connectivity index (χ3v) is 3.11. The number of benzene rings is 2. The van der Waals surface area contributed by atoms with E-state index in [4.69, 9.17) is 5.73 Å². The molecule has 1 heterocycles. The lowest BCUT2D eigenvalue weighted by Crippen LogP contribution is -2.02. The van der Waals surface area contributed by atoms with Gasteiger partial charge in [-0.15, -0.1) is 0 Å². The van der Waals surface area contributed by atoms with Crippen LogP contribution >= 0.6 is 0 Å². The zero-order valence-corrected chi connectivity index (χ0v) is 10.3. The summed E-state index contributed by atoms with van der Waals surface area (Å²) in [7, 11) is 0. The number of aldehydes is 1. The second kappa shape index (κ2) is 4.57. The van der Waals surface area contributed by atoms with E-state index in [-0.39, 0.29) is 0 Å². The molecule has 0 aliphatic heterocycles.